The number of aromatic nitrogens is 1. The molecule has 0 bridgehead atoms. The van der Waals surface area contributed by atoms with E-state index < -0.39 is 0 Å². The minimum absolute atomic E-state index is 0.539. The molecule has 0 saturated carbocycles. The Balaban J connectivity index is 2.23. The third kappa shape index (κ3) is 4.03. The molecule has 3 heteroatoms. The van der Waals surface area contributed by atoms with Crippen LogP contribution in [-0.4, -0.2) is 11.0 Å². The van der Waals surface area contributed by atoms with Crippen molar-refractivity contribution in [3.63, 3.8) is 0 Å². The first kappa shape index (κ1) is 11.4. The SMILES string of the molecule is C=CCC[C@@H](C)NCc1ncc(C)s1. The van der Waals surface area contributed by atoms with Crippen LogP contribution in [-0.2, 0) is 6.54 Å². The van der Waals surface area contributed by atoms with Crippen molar-refractivity contribution in [3.05, 3.63) is 28.7 Å². The molecule has 0 saturated heterocycles. The van der Waals surface area contributed by atoms with Crippen LogP contribution >= 0.6 is 11.3 Å². The Morgan fingerprint density at radius 2 is 2.50 bits per heavy atom. The quantitative estimate of drug-likeness (QED) is 0.730. The number of hydrogen-bond donors (Lipinski definition) is 1. The highest BCUT2D eigenvalue weighted by molar-refractivity contribution is 7.11. The Hall–Kier alpha value is -0.670. The van der Waals surface area contributed by atoms with E-state index in [1.165, 1.54) is 9.88 Å². The average molecular weight is 210 g/mol. The zero-order chi connectivity index (χ0) is 10.4. The minimum atomic E-state index is 0.539. The second-order valence-electron chi connectivity index (χ2n) is 3.51. The molecule has 0 aliphatic rings. The first-order chi connectivity index (χ1) is 6.72. The average Bonchev–Trinajstić information content (AvgIpc) is 2.58. The van der Waals surface area contributed by atoms with E-state index in [0.29, 0.717) is 6.04 Å². The molecule has 1 atom stereocenters. The topological polar surface area (TPSA) is 24.9 Å². The van der Waals surface area contributed by atoms with Crippen LogP contribution in [0.1, 0.15) is 29.7 Å². The molecule has 0 unspecified atom stereocenters. The predicted octanol–water partition coefficient (Wildman–Crippen LogP) is 2.90. The van der Waals surface area contributed by atoms with Crippen molar-refractivity contribution in [1.29, 1.82) is 0 Å². The molecule has 1 aromatic heterocycles. The smallest absolute Gasteiger partial charge is 0.107 e. The highest BCUT2D eigenvalue weighted by Crippen LogP contribution is 2.11. The lowest BCUT2D eigenvalue weighted by atomic mass is 10.2. The number of nitrogens with one attached hydrogen (secondary N) is 1. The molecule has 0 aliphatic carbocycles. The van der Waals surface area contributed by atoms with E-state index in [9.17, 15) is 0 Å². The lowest BCUT2D eigenvalue weighted by Crippen LogP contribution is -2.24. The van der Waals surface area contributed by atoms with Crippen molar-refractivity contribution in [3.8, 4) is 0 Å². The number of nitrogens with zero attached hydrogens (tertiary/aromatic N) is 1. The molecule has 2 nitrogen and oxygen atoms in total. The first-order valence-corrected chi connectivity index (χ1v) is 5.79. The largest absolute Gasteiger partial charge is 0.308 e. The lowest BCUT2D eigenvalue weighted by molar-refractivity contribution is 0.517. The van der Waals surface area contributed by atoms with E-state index in [0.717, 1.165) is 19.4 Å². The van der Waals surface area contributed by atoms with Crippen LogP contribution in [0.3, 0.4) is 0 Å². The summed E-state index contributed by atoms with van der Waals surface area (Å²) >= 11 is 1.76. The highest BCUT2D eigenvalue weighted by Gasteiger charge is 2.02. The maximum Gasteiger partial charge on any atom is 0.107 e. The van der Waals surface area contributed by atoms with Crippen molar-refractivity contribution >= 4 is 11.3 Å². The molecule has 1 aromatic rings. The molecule has 0 spiro atoms. The Labute approximate surface area is 90.1 Å². The van der Waals surface area contributed by atoms with Crippen molar-refractivity contribution in [1.82, 2.24) is 10.3 Å². The molecule has 1 heterocycles. The predicted molar refractivity (Wildman–Crippen MR) is 62.6 cm³/mol. The van der Waals surface area contributed by atoms with Gasteiger partial charge in [0.15, 0.2) is 0 Å². The van der Waals surface area contributed by atoms with E-state index in [4.69, 9.17) is 0 Å². The fraction of sp³-hybridized carbons (Fsp3) is 0.545. The molecule has 78 valence electrons. The Morgan fingerprint density at radius 3 is 3.07 bits per heavy atom. The molecule has 0 aliphatic heterocycles. The summed E-state index contributed by atoms with van der Waals surface area (Å²) in [6, 6.07) is 0.539. The van der Waals surface area contributed by atoms with E-state index >= 15 is 0 Å². The minimum Gasteiger partial charge on any atom is -0.308 e. The zero-order valence-corrected chi connectivity index (χ0v) is 9.73. The van der Waals surface area contributed by atoms with Crippen LogP contribution in [0, 0.1) is 6.92 Å². The fourth-order valence-electron chi connectivity index (χ4n) is 1.21. The van der Waals surface area contributed by atoms with Gasteiger partial charge in [-0.15, -0.1) is 17.9 Å². The first-order valence-electron chi connectivity index (χ1n) is 4.98. The molecule has 1 N–H and O–H groups in total. The lowest BCUT2D eigenvalue weighted by Gasteiger charge is -2.10. The van der Waals surface area contributed by atoms with Crippen molar-refractivity contribution < 1.29 is 0 Å². The summed E-state index contributed by atoms with van der Waals surface area (Å²) in [5, 5.41) is 4.62. The summed E-state index contributed by atoms with van der Waals surface area (Å²) in [6.07, 6.45) is 6.11. The third-order valence-corrected chi connectivity index (χ3v) is 2.99. The van der Waals surface area contributed by atoms with Crippen LogP contribution in [0.25, 0.3) is 0 Å². The van der Waals surface area contributed by atoms with Gasteiger partial charge in [0.25, 0.3) is 0 Å². The van der Waals surface area contributed by atoms with E-state index in [2.05, 4.69) is 30.7 Å². The monoisotopic (exact) mass is 210 g/mol. The van der Waals surface area contributed by atoms with Crippen LogP contribution < -0.4 is 5.32 Å². The fourth-order valence-corrected chi connectivity index (χ4v) is 1.95. The van der Waals surface area contributed by atoms with Gasteiger partial charge in [0.1, 0.15) is 5.01 Å². The van der Waals surface area contributed by atoms with Gasteiger partial charge in [0.05, 0.1) is 0 Å². The van der Waals surface area contributed by atoms with Crippen molar-refractivity contribution in [2.24, 2.45) is 0 Å². The van der Waals surface area contributed by atoms with E-state index in [1.807, 2.05) is 12.3 Å². The van der Waals surface area contributed by atoms with Crippen LogP contribution in [0.15, 0.2) is 18.9 Å². The second kappa shape index (κ2) is 5.94. The van der Waals surface area contributed by atoms with Gasteiger partial charge in [-0.25, -0.2) is 4.98 Å². The van der Waals surface area contributed by atoms with E-state index in [1.54, 1.807) is 11.3 Å². The van der Waals surface area contributed by atoms with Crippen LogP contribution in [0.2, 0.25) is 0 Å². The zero-order valence-electron chi connectivity index (χ0n) is 8.92. The Morgan fingerprint density at radius 1 is 1.71 bits per heavy atom. The van der Waals surface area contributed by atoms with Gasteiger partial charge in [0, 0.05) is 23.7 Å². The summed E-state index contributed by atoms with van der Waals surface area (Å²) in [6.45, 7) is 8.89. The van der Waals surface area contributed by atoms with Crippen LogP contribution in [0.5, 0.6) is 0 Å². The van der Waals surface area contributed by atoms with Gasteiger partial charge < -0.3 is 5.32 Å². The summed E-state index contributed by atoms with van der Waals surface area (Å²) < 4.78 is 0. The number of aryl methyl sites for hydroxylation is 1. The number of rotatable bonds is 6. The molecule has 0 aromatic carbocycles. The van der Waals surface area contributed by atoms with Gasteiger partial charge in [0.2, 0.25) is 0 Å². The molecule has 1 rings (SSSR count). The maximum absolute atomic E-state index is 4.30. The molecular formula is C11H18N2S. The number of hydrogen-bond acceptors (Lipinski definition) is 3. The van der Waals surface area contributed by atoms with Gasteiger partial charge in [-0.05, 0) is 26.7 Å². The Bertz CT molecular complexity index is 281. The van der Waals surface area contributed by atoms with Gasteiger partial charge in [-0.1, -0.05) is 6.08 Å². The normalized spacial score (nSPS) is 12.7. The Kier molecular flexibility index (Phi) is 4.84. The van der Waals surface area contributed by atoms with Gasteiger partial charge >= 0.3 is 0 Å². The van der Waals surface area contributed by atoms with Gasteiger partial charge in [-0.3, -0.25) is 0 Å². The summed E-state index contributed by atoms with van der Waals surface area (Å²) in [5.41, 5.74) is 0. The summed E-state index contributed by atoms with van der Waals surface area (Å²) in [7, 11) is 0. The number of thiazole rings is 1. The standard InChI is InChI=1S/C11H18N2S/c1-4-5-6-9(2)12-8-11-13-7-10(3)14-11/h4,7,9,12H,1,5-6,8H2,2-3H3/t9-/m1/s1. The van der Waals surface area contributed by atoms with Crippen molar-refractivity contribution in [2.75, 3.05) is 0 Å². The molecule has 0 radical (unpaired) electrons. The van der Waals surface area contributed by atoms with E-state index in [-0.39, 0.29) is 0 Å². The molecule has 0 fully saturated rings. The molecular weight excluding hydrogens is 192 g/mol. The maximum atomic E-state index is 4.30. The molecule has 14 heavy (non-hydrogen) atoms. The summed E-state index contributed by atoms with van der Waals surface area (Å²) in [5.74, 6) is 0. The van der Waals surface area contributed by atoms with Gasteiger partial charge in [-0.2, -0.15) is 0 Å². The van der Waals surface area contributed by atoms with Crippen molar-refractivity contribution in [2.45, 2.75) is 39.3 Å². The highest BCUT2D eigenvalue weighted by atomic mass is 32.1. The second-order valence-corrected chi connectivity index (χ2v) is 4.83. The number of allylic oxidation sites excluding steroid dienone is 1. The third-order valence-electron chi connectivity index (χ3n) is 2.07. The van der Waals surface area contributed by atoms with Crippen LogP contribution in [0.4, 0.5) is 0 Å². The summed E-state index contributed by atoms with van der Waals surface area (Å²) in [4.78, 5) is 5.58. The molecule has 0 amide bonds.